The lowest BCUT2D eigenvalue weighted by Gasteiger charge is -2.25. The first-order chi connectivity index (χ1) is 8.08. The van der Waals surface area contributed by atoms with Gasteiger partial charge < -0.3 is 10.2 Å². The molecule has 0 aromatic rings. The van der Waals surface area contributed by atoms with Crippen LogP contribution in [0.3, 0.4) is 0 Å². The summed E-state index contributed by atoms with van der Waals surface area (Å²) in [6.45, 7) is 5.14. The van der Waals surface area contributed by atoms with E-state index in [4.69, 9.17) is 0 Å². The van der Waals surface area contributed by atoms with Crippen LogP contribution in [-0.4, -0.2) is 41.7 Å². The summed E-state index contributed by atoms with van der Waals surface area (Å²) in [5.41, 5.74) is -0.130. The highest BCUT2D eigenvalue weighted by Crippen LogP contribution is 2.30. The van der Waals surface area contributed by atoms with Gasteiger partial charge in [-0.3, -0.25) is 4.79 Å². The summed E-state index contributed by atoms with van der Waals surface area (Å²) in [5, 5.41) is 3.10. The Hall–Kier alpha value is -0.780. The zero-order valence-corrected chi connectivity index (χ0v) is 11.1. The number of alkyl halides is 3. The van der Waals surface area contributed by atoms with E-state index >= 15 is 0 Å². The normalized spacial score (nSPS) is 16.8. The first-order valence-corrected chi connectivity index (χ1v) is 6.20. The average Bonchev–Trinajstić information content (AvgIpc) is 2.93. The van der Waals surface area contributed by atoms with Crippen molar-refractivity contribution in [3.63, 3.8) is 0 Å². The Morgan fingerprint density at radius 3 is 2.22 bits per heavy atom. The molecule has 0 aromatic heterocycles. The molecule has 0 heterocycles. The molecule has 0 aliphatic heterocycles. The molecule has 1 N–H and O–H groups in total. The SMILES string of the molecule is CC(C)(C)NCCC(=O)N(CC(F)(F)F)C1CC1. The number of nitrogens with one attached hydrogen (secondary N) is 1. The van der Waals surface area contributed by atoms with Crippen LogP contribution in [0.25, 0.3) is 0 Å². The third-order valence-electron chi connectivity index (χ3n) is 2.65. The lowest BCUT2D eigenvalue weighted by atomic mass is 10.1. The molecule has 1 saturated carbocycles. The van der Waals surface area contributed by atoms with Gasteiger partial charge in [0.1, 0.15) is 6.54 Å². The maximum Gasteiger partial charge on any atom is 0.406 e. The first-order valence-electron chi connectivity index (χ1n) is 6.20. The van der Waals surface area contributed by atoms with E-state index in [1.165, 1.54) is 0 Å². The molecule has 0 atom stereocenters. The Labute approximate surface area is 106 Å². The minimum atomic E-state index is -4.31. The molecule has 3 nitrogen and oxygen atoms in total. The molecule has 1 aliphatic rings. The number of carbonyl (C=O) groups excluding carboxylic acids is 1. The van der Waals surface area contributed by atoms with Crippen LogP contribution in [0, 0.1) is 0 Å². The van der Waals surface area contributed by atoms with Gasteiger partial charge in [0.15, 0.2) is 0 Å². The molecule has 0 saturated heterocycles. The molecule has 1 aliphatic carbocycles. The van der Waals surface area contributed by atoms with Crippen LogP contribution in [0.1, 0.15) is 40.0 Å². The fourth-order valence-electron chi connectivity index (χ4n) is 1.69. The molecule has 0 aromatic carbocycles. The van der Waals surface area contributed by atoms with Crippen molar-refractivity contribution in [1.82, 2.24) is 10.2 Å². The molecular formula is C12H21F3N2O. The van der Waals surface area contributed by atoms with Gasteiger partial charge in [-0.25, -0.2) is 0 Å². The number of nitrogens with zero attached hydrogens (tertiary/aromatic N) is 1. The molecule has 6 heteroatoms. The molecule has 1 fully saturated rings. The van der Waals surface area contributed by atoms with E-state index in [0.29, 0.717) is 19.4 Å². The number of amides is 1. The first kappa shape index (κ1) is 15.3. The molecule has 0 unspecified atom stereocenters. The maximum absolute atomic E-state index is 12.4. The van der Waals surface area contributed by atoms with Crippen molar-refractivity contribution in [1.29, 1.82) is 0 Å². The standard InChI is InChI=1S/C12H21F3N2O/c1-11(2,3)16-7-6-10(18)17(9-4-5-9)8-12(13,14)15/h9,16H,4-8H2,1-3H3. The predicted molar refractivity (Wildman–Crippen MR) is 63.2 cm³/mol. The molecule has 1 amide bonds. The summed E-state index contributed by atoms with van der Waals surface area (Å²) in [6, 6.07) is -0.200. The van der Waals surface area contributed by atoms with E-state index in [1.807, 2.05) is 20.8 Å². The second-order valence-electron chi connectivity index (χ2n) is 5.79. The van der Waals surface area contributed by atoms with Crippen molar-refractivity contribution in [2.45, 2.75) is 57.8 Å². The summed E-state index contributed by atoms with van der Waals surface area (Å²) >= 11 is 0. The highest BCUT2D eigenvalue weighted by atomic mass is 19.4. The number of rotatable bonds is 5. The number of halogens is 3. The van der Waals surface area contributed by atoms with Crippen LogP contribution in [0.5, 0.6) is 0 Å². The summed E-state index contributed by atoms with van der Waals surface area (Å²) in [6.07, 6.45) is -2.82. The van der Waals surface area contributed by atoms with Crippen molar-refractivity contribution in [3.05, 3.63) is 0 Å². The molecule has 0 radical (unpaired) electrons. The van der Waals surface area contributed by atoms with Gasteiger partial charge in [0, 0.05) is 24.5 Å². The Morgan fingerprint density at radius 2 is 1.83 bits per heavy atom. The minimum Gasteiger partial charge on any atom is -0.331 e. The quantitative estimate of drug-likeness (QED) is 0.828. The Morgan fingerprint density at radius 1 is 1.28 bits per heavy atom. The number of hydrogen-bond donors (Lipinski definition) is 1. The number of carbonyl (C=O) groups is 1. The van der Waals surface area contributed by atoms with E-state index in [9.17, 15) is 18.0 Å². The van der Waals surface area contributed by atoms with Crippen LogP contribution >= 0.6 is 0 Å². The largest absolute Gasteiger partial charge is 0.406 e. The van der Waals surface area contributed by atoms with Crippen molar-refractivity contribution in [2.24, 2.45) is 0 Å². The smallest absolute Gasteiger partial charge is 0.331 e. The lowest BCUT2D eigenvalue weighted by Crippen LogP contribution is -2.43. The van der Waals surface area contributed by atoms with Crippen LogP contribution in [0.2, 0.25) is 0 Å². The second kappa shape index (κ2) is 5.47. The monoisotopic (exact) mass is 266 g/mol. The maximum atomic E-state index is 12.4. The molecule has 18 heavy (non-hydrogen) atoms. The molecule has 0 bridgehead atoms. The van der Waals surface area contributed by atoms with Gasteiger partial charge in [-0.05, 0) is 33.6 Å². The fraction of sp³-hybridized carbons (Fsp3) is 0.917. The van der Waals surface area contributed by atoms with E-state index in [2.05, 4.69) is 5.32 Å². The van der Waals surface area contributed by atoms with Crippen molar-refractivity contribution in [2.75, 3.05) is 13.1 Å². The summed E-state index contributed by atoms with van der Waals surface area (Å²) in [5.74, 6) is -0.411. The third kappa shape index (κ3) is 6.23. The topological polar surface area (TPSA) is 32.3 Å². The minimum absolute atomic E-state index is 0.115. The molecule has 1 rings (SSSR count). The van der Waals surface area contributed by atoms with Gasteiger partial charge in [-0.1, -0.05) is 0 Å². The molecule has 106 valence electrons. The van der Waals surface area contributed by atoms with E-state index < -0.39 is 18.6 Å². The fourth-order valence-corrected chi connectivity index (χ4v) is 1.69. The summed E-state index contributed by atoms with van der Waals surface area (Å²) in [7, 11) is 0. The third-order valence-corrected chi connectivity index (χ3v) is 2.65. The van der Waals surface area contributed by atoms with Crippen LogP contribution in [-0.2, 0) is 4.79 Å². The Balaban J connectivity index is 2.41. The van der Waals surface area contributed by atoms with Crippen LogP contribution < -0.4 is 5.32 Å². The highest BCUT2D eigenvalue weighted by molar-refractivity contribution is 5.77. The van der Waals surface area contributed by atoms with Gasteiger partial charge in [0.25, 0.3) is 0 Å². The zero-order valence-electron chi connectivity index (χ0n) is 11.1. The summed E-state index contributed by atoms with van der Waals surface area (Å²) in [4.78, 5) is 12.8. The lowest BCUT2D eigenvalue weighted by molar-refractivity contribution is -0.162. The van der Waals surface area contributed by atoms with Gasteiger partial charge in [-0.15, -0.1) is 0 Å². The van der Waals surface area contributed by atoms with Crippen molar-refractivity contribution >= 4 is 5.91 Å². The van der Waals surface area contributed by atoms with E-state index in [1.54, 1.807) is 0 Å². The molecule has 0 spiro atoms. The highest BCUT2D eigenvalue weighted by Gasteiger charge is 2.40. The van der Waals surface area contributed by atoms with E-state index in [-0.39, 0.29) is 18.0 Å². The van der Waals surface area contributed by atoms with Crippen molar-refractivity contribution in [3.8, 4) is 0 Å². The van der Waals surface area contributed by atoms with Gasteiger partial charge in [0.2, 0.25) is 5.91 Å². The van der Waals surface area contributed by atoms with E-state index in [0.717, 1.165) is 4.90 Å². The number of hydrogen-bond acceptors (Lipinski definition) is 2. The van der Waals surface area contributed by atoms with Crippen LogP contribution in [0.15, 0.2) is 0 Å². The Bertz CT molecular complexity index is 293. The zero-order chi connectivity index (χ0) is 14.0. The van der Waals surface area contributed by atoms with Gasteiger partial charge >= 0.3 is 6.18 Å². The summed E-state index contributed by atoms with van der Waals surface area (Å²) < 4.78 is 37.1. The van der Waals surface area contributed by atoms with Crippen LogP contribution in [0.4, 0.5) is 13.2 Å². The Kier molecular flexibility index (Phi) is 4.64. The average molecular weight is 266 g/mol. The van der Waals surface area contributed by atoms with Gasteiger partial charge in [0.05, 0.1) is 0 Å². The second-order valence-corrected chi connectivity index (χ2v) is 5.79. The van der Waals surface area contributed by atoms with Gasteiger partial charge in [-0.2, -0.15) is 13.2 Å². The van der Waals surface area contributed by atoms with Crippen molar-refractivity contribution < 1.29 is 18.0 Å². The predicted octanol–water partition coefficient (Wildman–Crippen LogP) is 2.32. The molecular weight excluding hydrogens is 245 g/mol.